The standard InChI is InChI=1S/C21H20N2O2/c1-14-7-9-20(10-8-14)23-15(2)11-18(16(23)3)13-22-19-6-4-5-17(12-19)21(24)25/h4-13H,1-3H3,(H,24,25). The zero-order valence-electron chi connectivity index (χ0n) is 14.5. The molecule has 1 aromatic heterocycles. The molecule has 0 radical (unpaired) electrons. The van der Waals surface area contributed by atoms with Gasteiger partial charge in [0.15, 0.2) is 0 Å². The van der Waals surface area contributed by atoms with E-state index in [1.165, 1.54) is 5.56 Å². The first-order valence-electron chi connectivity index (χ1n) is 8.09. The number of aromatic nitrogens is 1. The molecule has 0 amide bonds. The lowest BCUT2D eigenvalue weighted by Gasteiger charge is -2.09. The fraction of sp³-hybridized carbons (Fsp3) is 0.143. The molecule has 126 valence electrons. The van der Waals surface area contributed by atoms with Gasteiger partial charge in [-0.2, -0.15) is 0 Å². The highest BCUT2D eigenvalue weighted by Crippen LogP contribution is 2.21. The molecule has 0 unspecified atom stereocenters. The Morgan fingerprint density at radius 3 is 2.44 bits per heavy atom. The lowest BCUT2D eigenvalue weighted by molar-refractivity contribution is 0.0697. The molecule has 4 heteroatoms. The van der Waals surface area contributed by atoms with E-state index in [9.17, 15) is 4.79 Å². The van der Waals surface area contributed by atoms with Crippen molar-refractivity contribution >= 4 is 17.9 Å². The number of carboxylic acid groups (broad SMARTS) is 1. The zero-order chi connectivity index (χ0) is 18.0. The van der Waals surface area contributed by atoms with E-state index in [1.54, 1.807) is 30.5 Å². The van der Waals surface area contributed by atoms with Gasteiger partial charge < -0.3 is 9.67 Å². The van der Waals surface area contributed by atoms with Crippen molar-refractivity contribution in [2.45, 2.75) is 20.8 Å². The molecular formula is C21H20N2O2. The van der Waals surface area contributed by atoms with Crippen molar-refractivity contribution < 1.29 is 9.90 Å². The summed E-state index contributed by atoms with van der Waals surface area (Å²) < 4.78 is 2.19. The largest absolute Gasteiger partial charge is 0.478 e. The molecule has 0 spiro atoms. The van der Waals surface area contributed by atoms with Crippen molar-refractivity contribution in [3.63, 3.8) is 0 Å². The van der Waals surface area contributed by atoms with Gasteiger partial charge in [0.05, 0.1) is 11.3 Å². The zero-order valence-corrected chi connectivity index (χ0v) is 14.5. The summed E-state index contributed by atoms with van der Waals surface area (Å²) in [4.78, 5) is 15.5. The van der Waals surface area contributed by atoms with Crippen LogP contribution in [0.2, 0.25) is 0 Å². The number of carboxylic acids is 1. The molecule has 0 atom stereocenters. The smallest absolute Gasteiger partial charge is 0.335 e. The van der Waals surface area contributed by atoms with Crippen molar-refractivity contribution in [3.8, 4) is 5.69 Å². The van der Waals surface area contributed by atoms with E-state index in [1.807, 2.05) is 0 Å². The van der Waals surface area contributed by atoms with Crippen LogP contribution >= 0.6 is 0 Å². The molecule has 3 aromatic rings. The Hall–Kier alpha value is -3.14. The van der Waals surface area contributed by atoms with Crippen molar-refractivity contribution in [1.29, 1.82) is 0 Å². The molecule has 1 heterocycles. The van der Waals surface area contributed by atoms with Crippen LogP contribution in [0.5, 0.6) is 0 Å². The van der Waals surface area contributed by atoms with E-state index in [2.05, 4.69) is 60.7 Å². The van der Waals surface area contributed by atoms with Gasteiger partial charge in [0.1, 0.15) is 0 Å². The first-order chi connectivity index (χ1) is 12.0. The summed E-state index contributed by atoms with van der Waals surface area (Å²) in [6, 6.07) is 17.1. The molecule has 3 rings (SSSR count). The Morgan fingerprint density at radius 2 is 1.76 bits per heavy atom. The number of aryl methyl sites for hydroxylation is 2. The van der Waals surface area contributed by atoms with E-state index in [0.29, 0.717) is 5.69 Å². The van der Waals surface area contributed by atoms with E-state index in [0.717, 1.165) is 22.6 Å². The lowest BCUT2D eigenvalue weighted by atomic mass is 10.2. The Kier molecular flexibility index (Phi) is 4.52. The van der Waals surface area contributed by atoms with Crippen LogP contribution in [0.15, 0.2) is 59.6 Å². The molecular weight excluding hydrogens is 312 g/mol. The van der Waals surface area contributed by atoms with Crippen LogP contribution < -0.4 is 0 Å². The molecule has 0 saturated heterocycles. The monoisotopic (exact) mass is 332 g/mol. The van der Waals surface area contributed by atoms with Gasteiger partial charge in [-0.15, -0.1) is 0 Å². The summed E-state index contributed by atoms with van der Waals surface area (Å²) in [6.45, 7) is 6.19. The van der Waals surface area contributed by atoms with E-state index in [-0.39, 0.29) is 5.56 Å². The third-order valence-corrected chi connectivity index (χ3v) is 4.21. The van der Waals surface area contributed by atoms with Crippen LogP contribution in [0, 0.1) is 20.8 Å². The van der Waals surface area contributed by atoms with Gasteiger partial charge in [-0.1, -0.05) is 23.8 Å². The topological polar surface area (TPSA) is 54.6 Å². The first kappa shape index (κ1) is 16.7. The van der Waals surface area contributed by atoms with Gasteiger partial charge in [-0.3, -0.25) is 4.99 Å². The van der Waals surface area contributed by atoms with Gasteiger partial charge in [0.2, 0.25) is 0 Å². The number of carbonyl (C=O) groups is 1. The molecule has 0 bridgehead atoms. The van der Waals surface area contributed by atoms with Crippen molar-refractivity contribution in [1.82, 2.24) is 4.57 Å². The van der Waals surface area contributed by atoms with Gasteiger partial charge in [0, 0.05) is 28.9 Å². The number of hydrogen-bond acceptors (Lipinski definition) is 2. The summed E-state index contributed by atoms with van der Waals surface area (Å²) in [5.41, 5.74) is 6.44. The van der Waals surface area contributed by atoms with Crippen LogP contribution in [-0.2, 0) is 0 Å². The Labute approximate surface area is 147 Å². The minimum atomic E-state index is -0.949. The van der Waals surface area contributed by atoms with Gasteiger partial charge >= 0.3 is 5.97 Å². The van der Waals surface area contributed by atoms with Crippen LogP contribution in [0.25, 0.3) is 5.69 Å². The molecule has 2 aromatic carbocycles. The number of nitrogens with zero attached hydrogens (tertiary/aromatic N) is 2. The van der Waals surface area contributed by atoms with Gasteiger partial charge in [-0.05, 0) is 57.2 Å². The lowest BCUT2D eigenvalue weighted by Crippen LogP contribution is -1.99. The Bertz CT molecular complexity index is 951. The molecule has 0 aliphatic carbocycles. The number of benzene rings is 2. The molecule has 1 N–H and O–H groups in total. The minimum absolute atomic E-state index is 0.236. The minimum Gasteiger partial charge on any atom is -0.478 e. The van der Waals surface area contributed by atoms with Crippen molar-refractivity contribution in [3.05, 3.63) is 82.7 Å². The molecule has 4 nitrogen and oxygen atoms in total. The maximum atomic E-state index is 11.1. The van der Waals surface area contributed by atoms with Crippen LogP contribution in [-0.4, -0.2) is 21.9 Å². The van der Waals surface area contributed by atoms with E-state index >= 15 is 0 Å². The third-order valence-electron chi connectivity index (χ3n) is 4.21. The summed E-state index contributed by atoms with van der Waals surface area (Å²) in [5.74, 6) is -0.949. The Balaban J connectivity index is 1.94. The summed E-state index contributed by atoms with van der Waals surface area (Å²) in [6.07, 6.45) is 1.79. The predicted molar refractivity (Wildman–Crippen MR) is 101 cm³/mol. The second-order valence-electron chi connectivity index (χ2n) is 6.11. The van der Waals surface area contributed by atoms with E-state index in [4.69, 9.17) is 5.11 Å². The molecule has 25 heavy (non-hydrogen) atoms. The molecule has 0 aliphatic heterocycles. The van der Waals surface area contributed by atoms with Gasteiger partial charge in [0.25, 0.3) is 0 Å². The Morgan fingerprint density at radius 1 is 1.04 bits per heavy atom. The molecule has 0 saturated carbocycles. The average Bonchev–Trinajstić information content (AvgIpc) is 2.88. The quantitative estimate of drug-likeness (QED) is 0.694. The second-order valence-corrected chi connectivity index (χ2v) is 6.11. The van der Waals surface area contributed by atoms with Crippen LogP contribution in [0.4, 0.5) is 5.69 Å². The SMILES string of the molecule is Cc1ccc(-n2c(C)cc(C=Nc3cccc(C(=O)O)c3)c2C)cc1. The molecule has 0 aliphatic rings. The van der Waals surface area contributed by atoms with Crippen molar-refractivity contribution in [2.24, 2.45) is 4.99 Å². The molecule has 0 fully saturated rings. The van der Waals surface area contributed by atoms with Crippen LogP contribution in [0.1, 0.15) is 32.9 Å². The van der Waals surface area contributed by atoms with E-state index < -0.39 is 5.97 Å². The third kappa shape index (κ3) is 3.53. The fourth-order valence-corrected chi connectivity index (χ4v) is 2.87. The average molecular weight is 332 g/mol. The maximum absolute atomic E-state index is 11.1. The number of hydrogen-bond donors (Lipinski definition) is 1. The summed E-state index contributed by atoms with van der Waals surface area (Å²) in [7, 11) is 0. The maximum Gasteiger partial charge on any atom is 0.335 e. The van der Waals surface area contributed by atoms with Gasteiger partial charge in [-0.25, -0.2) is 4.79 Å². The van der Waals surface area contributed by atoms with Crippen LogP contribution in [0.3, 0.4) is 0 Å². The first-order valence-corrected chi connectivity index (χ1v) is 8.09. The second kappa shape index (κ2) is 6.77. The fourth-order valence-electron chi connectivity index (χ4n) is 2.87. The highest BCUT2D eigenvalue weighted by Gasteiger charge is 2.09. The highest BCUT2D eigenvalue weighted by molar-refractivity contribution is 5.89. The number of rotatable bonds is 4. The number of aromatic carboxylic acids is 1. The summed E-state index contributed by atoms with van der Waals surface area (Å²) >= 11 is 0. The predicted octanol–water partition coefficient (Wildman–Crippen LogP) is 4.85. The normalized spacial score (nSPS) is 11.2. The number of aliphatic imine (C=N–C) groups is 1. The summed E-state index contributed by atoms with van der Waals surface area (Å²) in [5, 5.41) is 9.07. The van der Waals surface area contributed by atoms with Crippen molar-refractivity contribution in [2.75, 3.05) is 0 Å². The highest BCUT2D eigenvalue weighted by atomic mass is 16.4.